The van der Waals surface area contributed by atoms with E-state index in [0.717, 1.165) is 10.5 Å². The Bertz CT molecular complexity index is 647. The lowest BCUT2D eigenvalue weighted by atomic mass is 10.1. The fraction of sp³-hybridized carbons (Fsp3) is 0. The molecule has 0 fully saturated rings. The molecule has 0 saturated heterocycles. The minimum absolute atomic E-state index is 0.106. The van der Waals surface area contributed by atoms with Gasteiger partial charge in [-0.1, -0.05) is 40.2 Å². The molecule has 0 atom stereocenters. The molecule has 0 amide bonds. The van der Waals surface area contributed by atoms with Gasteiger partial charge < -0.3 is 10.2 Å². The van der Waals surface area contributed by atoms with E-state index in [2.05, 4.69) is 15.9 Å². The first kappa shape index (κ1) is 13.4. The molecule has 2 rings (SSSR count). The lowest BCUT2D eigenvalue weighted by molar-refractivity contribution is 0.104. The number of rotatable bonds is 3. The SMILES string of the molecule is O=C(C=C(O)c1cccc(Br)c1)c1ccccc1O. The van der Waals surface area contributed by atoms with Crippen molar-refractivity contribution in [2.75, 3.05) is 0 Å². The van der Waals surface area contributed by atoms with Crippen molar-refractivity contribution in [3.8, 4) is 5.75 Å². The van der Waals surface area contributed by atoms with E-state index in [-0.39, 0.29) is 17.1 Å². The number of hydrogen-bond donors (Lipinski definition) is 2. The Hall–Kier alpha value is -2.07. The summed E-state index contributed by atoms with van der Waals surface area (Å²) in [5, 5.41) is 19.5. The molecule has 2 aromatic rings. The van der Waals surface area contributed by atoms with E-state index < -0.39 is 5.78 Å². The number of carbonyl (C=O) groups is 1. The number of aromatic hydroxyl groups is 1. The molecule has 0 spiro atoms. The third-order valence-electron chi connectivity index (χ3n) is 2.56. The van der Waals surface area contributed by atoms with Gasteiger partial charge in [0.15, 0.2) is 5.78 Å². The van der Waals surface area contributed by atoms with E-state index in [4.69, 9.17) is 0 Å². The molecule has 4 heteroatoms. The third kappa shape index (κ3) is 3.23. The van der Waals surface area contributed by atoms with Crippen molar-refractivity contribution in [3.05, 3.63) is 70.2 Å². The highest BCUT2D eigenvalue weighted by Gasteiger charge is 2.10. The standard InChI is InChI=1S/C15H11BrO3/c16-11-5-3-4-10(8-11)14(18)9-15(19)12-6-1-2-7-13(12)17/h1-9,17-18H. The highest BCUT2D eigenvalue weighted by molar-refractivity contribution is 9.10. The predicted molar refractivity (Wildman–Crippen MR) is 77.2 cm³/mol. The summed E-state index contributed by atoms with van der Waals surface area (Å²) in [7, 11) is 0. The van der Waals surface area contributed by atoms with Crippen LogP contribution in [-0.4, -0.2) is 16.0 Å². The maximum atomic E-state index is 11.9. The van der Waals surface area contributed by atoms with Gasteiger partial charge in [-0.2, -0.15) is 0 Å². The molecular weight excluding hydrogens is 308 g/mol. The van der Waals surface area contributed by atoms with Crippen molar-refractivity contribution in [1.82, 2.24) is 0 Å². The largest absolute Gasteiger partial charge is 0.507 e. The fourth-order valence-electron chi connectivity index (χ4n) is 1.62. The third-order valence-corrected chi connectivity index (χ3v) is 3.05. The summed E-state index contributed by atoms with van der Waals surface area (Å²) >= 11 is 3.29. The molecule has 0 saturated carbocycles. The molecule has 19 heavy (non-hydrogen) atoms. The molecule has 2 aromatic carbocycles. The van der Waals surface area contributed by atoms with Crippen LogP contribution in [0.2, 0.25) is 0 Å². The molecule has 0 aromatic heterocycles. The van der Waals surface area contributed by atoms with Gasteiger partial charge in [-0.3, -0.25) is 4.79 Å². The summed E-state index contributed by atoms with van der Waals surface area (Å²) < 4.78 is 0.806. The number of carbonyl (C=O) groups excluding carboxylic acids is 1. The Morgan fingerprint density at radius 1 is 1.11 bits per heavy atom. The van der Waals surface area contributed by atoms with Gasteiger partial charge in [-0.15, -0.1) is 0 Å². The maximum Gasteiger partial charge on any atom is 0.193 e. The first-order valence-corrected chi connectivity index (χ1v) is 6.36. The molecular formula is C15H11BrO3. The Morgan fingerprint density at radius 3 is 2.53 bits per heavy atom. The van der Waals surface area contributed by atoms with Crippen LogP contribution in [0.1, 0.15) is 15.9 Å². The van der Waals surface area contributed by atoms with Crippen LogP contribution in [0, 0.1) is 0 Å². The van der Waals surface area contributed by atoms with Crippen LogP contribution in [0.5, 0.6) is 5.75 Å². The molecule has 96 valence electrons. The minimum atomic E-state index is -0.449. The van der Waals surface area contributed by atoms with E-state index >= 15 is 0 Å². The maximum absolute atomic E-state index is 11.9. The van der Waals surface area contributed by atoms with E-state index in [1.807, 2.05) is 6.07 Å². The van der Waals surface area contributed by atoms with E-state index in [9.17, 15) is 15.0 Å². The normalized spacial score (nSPS) is 11.3. The molecule has 0 bridgehead atoms. The van der Waals surface area contributed by atoms with Gasteiger partial charge in [-0.25, -0.2) is 0 Å². The average Bonchev–Trinajstić information content (AvgIpc) is 2.39. The molecule has 0 aliphatic carbocycles. The summed E-state index contributed by atoms with van der Waals surface area (Å²) in [6.45, 7) is 0. The summed E-state index contributed by atoms with van der Waals surface area (Å²) in [5.41, 5.74) is 0.683. The van der Waals surface area contributed by atoms with Gasteiger partial charge in [0.1, 0.15) is 11.5 Å². The van der Waals surface area contributed by atoms with Gasteiger partial charge in [0.2, 0.25) is 0 Å². The Kier molecular flexibility index (Phi) is 4.02. The number of halogens is 1. The number of phenols is 1. The lowest BCUT2D eigenvalue weighted by Gasteiger charge is -2.02. The Balaban J connectivity index is 2.31. The topological polar surface area (TPSA) is 57.5 Å². The van der Waals surface area contributed by atoms with Crippen molar-refractivity contribution < 1.29 is 15.0 Å². The molecule has 0 radical (unpaired) electrons. The van der Waals surface area contributed by atoms with Crippen molar-refractivity contribution in [1.29, 1.82) is 0 Å². The second kappa shape index (κ2) is 5.71. The van der Waals surface area contributed by atoms with Crippen LogP contribution < -0.4 is 0 Å². The monoisotopic (exact) mass is 318 g/mol. The zero-order valence-corrected chi connectivity index (χ0v) is 11.5. The molecule has 0 aliphatic rings. The highest BCUT2D eigenvalue weighted by Crippen LogP contribution is 2.20. The summed E-state index contributed by atoms with van der Waals surface area (Å²) in [6.07, 6.45) is 1.09. The summed E-state index contributed by atoms with van der Waals surface area (Å²) in [6, 6.07) is 13.2. The minimum Gasteiger partial charge on any atom is -0.507 e. The molecule has 3 nitrogen and oxygen atoms in total. The highest BCUT2D eigenvalue weighted by atomic mass is 79.9. The molecule has 0 unspecified atom stereocenters. The molecule has 0 aliphatic heterocycles. The van der Waals surface area contributed by atoms with Crippen LogP contribution in [0.4, 0.5) is 0 Å². The predicted octanol–water partition coefficient (Wildman–Crippen LogP) is 3.94. The van der Waals surface area contributed by atoms with Crippen LogP contribution in [0.3, 0.4) is 0 Å². The number of hydrogen-bond acceptors (Lipinski definition) is 3. The Labute approximate surface area is 119 Å². The lowest BCUT2D eigenvalue weighted by Crippen LogP contribution is -1.97. The van der Waals surface area contributed by atoms with Gasteiger partial charge in [0.05, 0.1) is 5.56 Å². The van der Waals surface area contributed by atoms with Crippen molar-refractivity contribution in [2.24, 2.45) is 0 Å². The Morgan fingerprint density at radius 2 is 1.84 bits per heavy atom. The number of aliphatic hydroxyl groups excluding tert-OH is 1. The number of aliphatic hydroxyl groups is 1. The van der Waals surface area contributed by atoms with Crippen LogP contribution >= 0.6 is 15.9 Å². The van der Waals surface area contributed by atoms with Crippen molar-refractivity contribution in [3.63, 3.8) is 0 Å². The number of allylic oxidation sites excluding steroid dienone is 1. The first-order chi connectivity index (χ1) is 9.08. The van der Waals surface area contributed by atoms with Crippen LogP contribution in [-0.2, 0) is 0 Å². The van der Waals surface area contributed by atoms with Crippen molar-refractivity contribution >= 4 is 27.5 Å². The van der Waals surface area contributed by atoms with E-state index in [1.54, 1.807) is 30.3 Å². The second-order valence-corrected chi connectivity index (χ2v) is 4.84. The van der Waals surface area contributed by atoms with Crippen molar-refractivity contribution in [2.45, 2.75) is 0 Å². The van der Waals surface area contributed by atoms with E-state index in [0.29, 0.717) is 5.56 Å². The van der Waals surface area contributed by atoms with Gasteiger partial charge >= 0.3 is 0 Å². The van der Waals surface area contributed by atoms with E-state index in [1.165, 1.54) is 12.1 Å². The molecule has 0 heterocycles. The van der Waals surface area contributed by atoms with Crippen LogP contribution in [0.25, 0.3) is 5.76 Å². The quantitative estimate of drug-likeness (QED) is 0.512. The zero-order chi connectivity index (χ0) is 13.8. The smallest absolute Gasteiger partial charge is 0.193 e. The van der Waals surface area contributed by atoms with Gasteiger partial charge in [0, 0.05) is 16.1 Å². The second-order valence-electron chi connectivity index (χ2n) is 3.92. The van der Waals surface area contributed by atoms with Gasteiger partial charge in [-0.05, 0) is 24.3 Å². The molecule has 2 N–H and O–H groups in total. The number of para-hydroxylation sites is 1. The van der Waals surface area contributed by atoms with Crippen LogP contribution in [0.15, 0.2) is 59.1 Å². The number of phenolic OH excluding ortho intramolecular Hbond substituents is 1. The summed E-state index contributed by atoms with van der Waals surface area (Å²) in [4.78, 5) is 11.9. The average molecular weight is 319 g/mol. The summed E-state index contributed by atoms with van der Waals surface area (Å²) in [5.74, 6) is -0.698. The zero-order valence-electron chi connectivity index (χ0n) is 9.88. The number of benzene rings is 2. The number of ketones is 1. The fourth-order valence-corrected chi connectivity index (χ4v) is 2.01. The van der Waals surface area contributed by atoms with Gasteiger partial charge in [0.25, 0.3) is 0 Å². The first-order valence-electron chi connectivity index (χ1n) is 5.57.